The maximum atomic E-state index is 12.3. The zero-order chi connectivity index (χ0) is 20.1. The molecule has 7 heteroatoms. The van der Waals surface area contributed by atoms with Crippen LogP contribution in [0.5, 0.6) is 0 Å². The van der Waals surface area contributed by atoms with Crippen molar-refractivity contribution in [1.82, 2.24) is 15.1 Å². The van der Waals surface area contributed by atoms with Crippen molar-refractivity contribution in [3.8, 4) is 0 Å². The Labute approximate surface area is 164 Å². The first kappa shape index (κ1) is 21.7. The highest BCUT2D eigenvalue weighted by atomic mass is 32.2. The summed E-state index contributed by atoms with van der Waals surface area (Å²) in [6.45, 7) is 8.01. The fourth-order valence-corrected chi connectivity index (χ4v) is 4.60. The number of nitrogens with zero attached hydrogens (tertiary/aromatic N) is 3. The van der Waals surface area contributed by atoms with Gasteiger partial charge in [-0.25, -0.2) is 8.42 Å². The van der Waals surface area contributed by atoms with Gasteiger partial charge in [0.05, 0.1) is 17.0 Å². The lowest BCUT2D eigenvalue weighted by Crippen LogP contribution is -2.57. The van der Waals surface area contributed by atoms with E-state index >= 15 is 0 Å². The molecule has 0 amide bonds. The quantitative estimate of drug-likeness (QED) is 0.587. The van der Waals surface area contributed by atoms with Gasteiger partial charge in [0.25, 0.3) is 0 Å². The van der Waals surface area contributed by atoms with Crippen LogP contribution in [0.1, 0.15) is 26.3 Å². The van der Waals surface area contributed by atoms with Gasteiger partial charge in [-0.15, -0.1) is 0 Å². The zero-order valence-electron chi connectivity index (χ0n) is 17.3. The van der Waals surface area contributed by atoms with Gasteiger partial charge in [0.15, 0.2) is 15.8 Å². The van der Waals surface area contributed by atoms with Crippen molar-refractivity contribution >= 4 is 15.8 Å². The summed E-state index contributed by atoms with van der Waals surface area (Å²) in [6.07, 6.45) is 0.927. The van der Waals surface area contributed by atoms with Crippen molar-refractivity contribution in [3.05, 3.63) is 35.9 Å². The highest BCUT2D eigenvalue weighted by Gasteiger charge is 2.41. The van der Waals surface area contributed by atoms with E-state index in [-0.39, 0.29) is 11.8 Å². The van der Waals surface area contributed by atoms with Gasteiger partial charge in [0, 0.05) is 25.7 Å². The molecule has 0 aliphatic carbocycles. The molecule has 2 rings (SSSR count). The number of aliphatic imine (C=N–C) groups is 1. The summed E-state index contributed by atoms with van der Waals surface area (Å²) in [6, 6.07) is 10.7. The monoisotopic (exact) mass is 394 g/mol. The third-order valence-corrected chi connectivity index (χ3v) is 7.71. The van der Waals surface area contributed by atoms with E-state index in [0.717, 1.165) is 18.9 Å². The molecule has 1 unspecified atom stereocenters. The van der Waals surface area contributed by atoms with Crippen LogP contribution in [0.4, 0.5) is 0 Å². The number of hydrogen-bond acceptors (Lipinski definition) is 4. The molecule has 27 heavy (non-hydrogen) atoms. The molecule has 152 valence electrons. The minimum absolute atomic E-state index is 0.172. The fourth-order valence-electron chi connectivity index (χ4n) is 3.24. The molecule has 1 N–H and O–H groups in total. The van der Waals surface area contributed by atoms with E-state index in [0.29, 0.717) is 19.6 Å². The molecular formula is C20H34N4O2S. The van der Waals surface area contributed by atoms with Crippen LogP contribution in [0.2, 0.25) is 0 Å². The number of guanidine groups is 1. The topological polar surface area (TPSA) is 65.0 Å². The molecule has 1 aliphatic rings. The molecule has 0 bridgehead atoms. The highest BCUT2D eigenvalue weighted by molar-refractivity contribution is 7.92. The van der Waals surface area contributed by atoms with Gasteiger partial charge >= 0.3 is 0 Å². The van der Waals surface area contributed by atoms with Crippen LogP contribution < -0.4 is 5.32 Å². The predicted octanol–water partition coefficient (Wildman–Crippen LogP) is 1.63. The van der Waals surface area contributed by atoms with Gasteiger partial charge in [-0.3, -0.25) is 4.99 Å². The molecule has 1 fully saturated rings. The van der Waals surface area contributed by atoms with Crippen molar-refractivity contribution in [1.29, 1.82) is 0 Å². The second-order valence-electron chi connectivity index (χ2n) is 8.00. The maximum Gasteiger partial charge on any atom is 0.194 e. The molecule has 1 aliphatic heterocycles. The molecule has 0 spiro atoms. The van der Waals surface area contributed by atoms with Crippen LogP contribution in [0.15, 0.2) is 35.3 Å². The van der Waals surface area contributed by atoms with E-state index in [2.05, 4.69) is 53.5 Å². The number of sulfone groups is 1. The first-order valence-corrected chi connectivity index (χ1v) is 11.3. The minimum Gasteiger partial charge on any atom is -0.357 e. The largest absolute Gasteiger partial charge is 0.357 e. The van der Waals surface area contributed by atoms with Gasteiger partial charge < -0.3 is 15.1 Å². The summed E-state index contributed by atoms with van der Waals surface area (Å²) in [5.41, 5.74) is 1.29. The smallest absolute Gasteiger partial charge is 0.194 e. The molecule has 1 atom stereocenters. The van der Waals surface area contributed by atoms with Gasteiger partial charge in [-0.05, 0) is 46.9 Å². The zero-order valence-corrected chi connectivity index (χ0v) is 18.1. The Hall–Kier alpha value is -1.60. The van der Waals surface area contributed by atoms with Gasteiger partial charge in [-0.1, -0.05) is 30.3 Å². The Bertz CT molecular complexity index is 730. The standard InChI is InChI=1S/C20H34N4O2S/c1-6-21-19(24-12-13-27(25,26)20(2,3)16-24)22-15-18(23(4)5)14-17-10-8-7-9-11-17/h7-11,18H,6,12-16H2,1-5H3,(H,21,22). The SMILES string of the molecule is CCNC(=NCC(Cc1ccccc1)N(C)C)N1CCS(=O)(=O)C(C)(C)C1. The summed E-state index contributed by atoms with van der Waals surface area (Å²) in [5.74, 6) is 0.978. The average Bonchev–Trinajstić information content (AvgIpc) is 2.60. The molecule has 1 saturated heterocycles. The van der Waals surface area contributed by atoms with Gasteiger partial charge in [-0.2, -0.15) is 0 Å². The van der Waals surface area contributed by atoms with E-state index in [9.17, 15) is 8.42 Å². The Morgan fingerprint density at radius 1 is 1.30 bits per heavy atom. The molecule has 6 nitrogen and oxygen atoms in total. The van der Waals surface area contributed by atoms with E-state index in [4.69, 9.17) is 4.99 Å². The van der Waals surface area contributed by atoms with Crippen LogP contribution in [-0.4, -0.2) is 81.0 Å². The molecule has 0 radical (unpaired) electrons. The second-order valence-corrected chi connectivity index (χ2v) is 10.7. The number of benzene rings is 1. The Kier molecular flexibility index (Phi) is 7.28. The van der Waals surface area contributed by atoms with Crippen LogP contribution >= 0.6 is 0 Å². The summed E-state index contributed by atoms with van der Waals surface area (Å²) in [7, 11) is 1.09. The van der Waals surface area contributed by atoms with E-state index in [1.165, 1.54) is 5.56 Å². The minimum atomic E-state index is -3.06. The molecule has 0 aromatic heterocycles. The third kappa shape index (κ3) is 5.69. The van der Waals surface area contributed by atoms with E-state index in [1.807, 2.05) is 13.0 Å². The van der Waals surface area contributed by atoms with Crippen molar-refractivity contribution in [3.63, 3.8) is 0 Å². The number of likely N-dealkylation sites (N-methyl/N-ethyl adjacent to an activating group) is 1. The number of nitrogens with one attached hydrogen (secondary N) is 1. The summed E-state index contributed by atoms with van der Waals surface area (Å²) in [5, 5.41) is 3.34. The molecule has 1 aromatic rings. The lowest BCUT2D eigenvalue weighted by atomic mass is 10.1. The fraction of sp³-hybridized carbons (Fsp3) is 0.650. The summed E-state index contributed by atoms with van der Waals surface area (Å²) in [4.78, 5) is 9.15. The van der Waals surface area contributed by atoms with Gasteiger partial charge in [0.1, 0.15) is 0 Å². The molecule has 1 heterocycles. The van der Waals surface area contributed by atoms with E-state index < -0.39 is 14.6 Å². The summed E-state index contributed by atoms with van der Waals surface area (Å²) >= 11 is 0. The van der Waals surface area contributed by atoms with Crippen molar-refractivity contribution in [2.45, 2.75) is 38.0 Å². The van der Waals surface area contributed by atoms with E-state index in [1.54, 1.807) is 13.8 Å². The first-order chi connectivity index (χ1) is 12.7. The van der Waals surface area contributed by atoms with Crippen LogP contribution in [0.3, 0.4) is 0 Å². The molecule has 1 aromatic carbocycles. The predicted molar refractivity (Wildman–Crippen MR) is 113 cm³/mol. The molecular weight excluding hydrogens is 360 g/mol. The Morgan fingerprint density at radius 2 is 1.96 bits per heavy atom. The lowest BCUT2D eigenvalue weighted by Gasteiger charge is -2.39. The van der Waals surface area contributed by atoms with Crippen molar-refractivity contribution < 1.29 is 8.42 Å². The second kappa shape index (κ2) is 9.06. The average molecular weight is 395 g/mol. The summed E-state index contributed by atoms with van der Waals surface area (Å²) < 4.78 is 23.8. The van der Waals surface area contributed by atoms with Crippen LogP contribution in [0.25, 0.3) is 0 Å². The highest BCUT2D eigenvalue weighted by Crippen LogP contribution is 2.23. The lowest BCUT2D eigenvalue weighted by molar-refractivity contribution is 0.295. The maximum absolute atomic E-state index is 12.3. The van der Waals surface area contributed by atoms with Crippen LogP contribution in [-0.2, 0) is 16.3 Å². The molecule has 0 saturated carbocycles. The van der Waals surface area contributed by atoms with Crippen LogP contribution in [0, 0.1) is 0 Å². The Balaban J connectivity index is 2.13. The third-order valence-electron chi connectivity index (χ3n) is 5.17. The Morgan fingerprint density at radius 3 is 2.52 bits per heavy atom. The first-order valence-electron chi connectivity index (χ1n) is 9.62. The van der Waals surface area contributed by atoms with Crippen molar-refractivity contribution in [2.75, 3.05) is 46.0 Å². The van der Waals surface area contributed by atoms with Gasteiger partial charge in [0.2, 0.25) is 0 Å². The normalized spacial score (nSPS) is 20.5. The van der Waals surface area contributed by atoms with Crippen molar-refractivity contribution in [2.24, 2.45) is 4.99 Å². The number of rotatable bonds is 6. The number of hydrogen-bond donors (Lipinski definition) is 1.